The average Bonchev–Trinajstić information content (AvgIpc) is 2.72. The standard InChI is InChI=1S/C20H29FN4O3/c21-17-6-4-16(5-7-17)18-19(26)22-9-11-25(18)20(27)23-8-2-1-3-10-24-12-14-28-15-13-24/h4-7,18H,1-3,8-15H2,(H,22,26)(H,23,27)/t18-/m0/s1. The first kappa shape index (κ1) is 20.5. The third kappa shape index (κ3) is 5.65. The number of benzene rings is 1. The van der Waals surface area contributed by atoms with E-state index in [-0.39, 0.29) is 17.8 Å². The SMILES string of the molecule is O=C1NCCN(C(=O)NCCCCCN2CCOCC2)[C@H]1c1ccc(F)cc1. The van der Waals surface area contributed by atoms with Gasteiger partial charge in [0.05, 0.1) is 13.2 Å². The lowest BCUT2D eigenvalue weighted by Gasteiger charge is -2.35. The topological polar surface area (TPSA) is 73.9 Å². The molecule has 2 saturated heterocycles. The van der Waals surface area contributed by atoms with Crippen LogP contribution in [0.5, 0.6) is 0 Å². The van der Waals surface area contributed by atoms with Gasteiger partial charge in [0, 0.05) is 32.7 Å². The summed E-state index contributed by atoms with van der Waals surface area (Å²) < 4.78 is 18.5. The highest BCUT2D eigenvalue weighted by Crippen LogP contribution is 2.23. The van der Waals surface area contributed by atoms with Gasteiger partial charge in [0.2, 0.25) is 5.91 Å². The number of morpholine rings is 1. The Hall–Kier alpha value is -2.19. The first-order valence-electron chi connectivity index (χ1n) is 10.0. The van der Waals surface area contributed by atoms with E-state index in [1.165, 1.54) is 17.0 Å². The summed E-state index contributed by atoms with van der Waals surface area (Å²) >= 11 is 0. The molecule has 28 heavy (non-hydrogen) atoms. The third-order valence-electron chi connectivity index (χ3n) is 5.19. The Balaban J connectivity index is 1.42. The number of hydrogen-bond acceptors (Lipinski definition) is 4. The second-order valence-electron chi connectivity index (χ2n) is 7.19. The zero-order valence-electron chi connectivity index (χ0n) is 16.2. The van der Waals surface area contributed by atoms with Crippen molar-refractivity contribution in [2.75, 3.05) is 52.5 Å². The predicted molar refractivity (Wildman–Crippen MR) is 103 cm³/mol. The average molecular weight is 392 g/mol. The summed E-state index contributed by atoms with van der Waals surface area (Å²) in [6.07, 6.45) is 3.04. The minimum atomic E-state index is -0.726. The largest absolute Gasteiger partial charge is 0.379 e. The Morgan fingerprint density at radius 2 is 1.89 bits per heavy atom. The fraction of sp³-hybridized carbons (Fsp3) is 0.600. The Bertz CT molecular complexity index is 649. The fourth-order valence-corrected chi connectivity index (χ4v) is 3.62. The molecule has 2 N–H and O–H groups in total. The van der Waals surface area contributed by atoms with Gasteiger partial charge in [-0.2, -0.15) is 0 Å². The van der Waals surface area contributed by atoms with E-state index in [2.05, 4.69) is 15.5 Å². The van der Waals surface area contributed by atoms with Crippen LogP contribution in [-0.4, -0.2) is 74.2 Å². The van der Waals surface area contributed by atoms with Crippen LogP contribution in [0.15, 0.2) is 24.3 Å². The maximum Gasteiger partial charge on any atom is 0.318 e. The monoisotopic (exact) mass is 392 g/mol. The molecule has 3 amide bonds. The Kier molecular flexibility index (Phi) is 7.62. The van der Waals surface area contributed by atoms with Gasteiger partial charge in [0.25, 0.3) is 0 Å². The molecule has 0 aliphatic carbocycles. The summed E-state index contributed by atoms with van der Waals surface area (Å²) in [4.78, 5) is 28.9. The lowest BCUT2D eigenvalue weighted by atomic mass is 10.0. The number of nitrogens with zero attached hydrogens (tertiary/aromatic N) is 2. The van der Waals surface area contributed by atoms with Crippen LogP contribution in [-0.2, 0) is 9.53 Å². The number of halogens is 1. The highest BCUT2D eigenvalue weighted by atomic mass is 19.1. The van der Waals surface area contributed by atoms with Gasteiger partial charge in [-0.1, -0.05) is 18.6 Å². The summed E-state index contributed by atoms with van der Waals surface area (Å²) in [5.41, 5.74) is 0.610. The molecule has 1 aromatic carbocycles. The van der Waals surface area contributed by atoms with Crippen molar-refractivity contribution in [3.8, 4) is 0 Å². The van der Waals surface area contributed by atoms with Crippen LogP contribution in [0.4, 0.5) is 9.18 Å². The number of unbranched alkanes of at least 4 members (excludes halogenated alkanes) is 2. The third-order valence-corrected chi connectivity index (χ3v) is 5.19. The first-order chi connectivity index (χ1) is 13.6. The highest BCUT2D eigenvalue weighted by Gasteiger charge is 2.34. The number of hydrogen-bond donors (Lipinski definition) is 2. The maximum absolute atomic E-state index is 13.2. The van der Waals surface area contributed by atoms with Crippen molar-refractivity contribution in [3.63, 3.8) is 0 Å². The van der Waals surface area contributed by atoms with Crippen molar-refractivity contribution in [2.24, 2.45) is 0 Å². The van der Waals surface area contributed by atoms with Crippen LogP contribution >= 0.6 is 0 Å². The molecule has 0 saturated carbocycles. The summed E-state index contributed by atoms with van der Waals surface area (Å²) in [6.45, 7) is 6.12. The quantitative estimate of drug-likeness (QED) is 0.690. The minimum absolute atomic E-state index is 0.237. The van der Waals surface area contributed by atoms with Crippen LogP contribution in [0.1, 0.15) is 30.9 Å². The second-order valence-corrected chi connectivity index (χ2v) is 7.19. The lowest BCUT2D eigenvalue weighted by Crippen LogP contribution is -2.54. The highest BCUT2D eigenvalue weighted by molar-refractivity contribution is 5.89. The number of rotatable bonds is 7. The Morgan fingerprint density at radius 1 is 1.14 bits per heavy atom. The van der Waals surface area contributed by atoms with Crippen LogP contribution in [0.3, 0.4) is 0 Å². The number of carbonyl (C=O) groups excluding carboxylic acids is 2. The molecule has 7 nitrogen and oxygen atoms in total. The number of ether oxygens (including phenoxy) is 1. The zero-order valence-corrected chi connectivity index (χ0v) is 16.2. The number of amides is 3. The molecule has 0 bridgehead atoms. The number of nitrogens with one attached hydrogen (secondary N) is 2. The Morgan fingerprint density at radius 3 is 2.64 bits per heavy atom. The lowest BCUT2D eigenvalue weighted by molar-refractivity contribution is -0.127. The van der Waals surface area contributed by atoms with E-state index in [9.17, 15) is 14.0 Å². The summed E-state index contributed by atoms with van der Waals surface area (Å²) in [6, 6.07) is 4.74. The molecule has 3 rings (SSSR count). The van der Waals surface area contributed by atoms with Crippen LogP contribution < -0.4 is 10.6 Å². The molecule has 2 aliphatic rings. The number of urea groups is 1. The van der Waals surface area contributed by atoms with Crippen molar-refractivity contribution in [2.45, 2.75) is 25.3 Å². The molecule has 0 unspecified atom stereocenters. The number of carbonyl (C=O) groups is 2. The molecule has 2 aliphatic heterocycles. The molecule has 154 valence electrons. The van der Waals surface area contributed by atoms with Crippen molar-refractivity contribution in [1.29, 1.82) is 0 Å². The summed E-state index contributed by atoms with van der Waals surface area (Å²) in [5, 5.41) is 5.70. The van der Waals surface area contributed by atoms with Gasteiger partial charge in [0.1, 0.15) is 11.9 Å². The molecular weight excluding hydrogens is 363 g/mol. The molecule has 8 heteroatoms. The first-order valence-corrected chi connectivity index (χ1v) is 10.0. The van der Waals surface area contributed by atoms with Crippen molar-refractivity contribution >= 4 is 11.9 Å². The molecule has 0 aromatic heterocycles. The fourth-order valence-electron chi connectivity index (χ4n) is 3.62. The molecule has 2 heterocycles. The normalized spacial score (nSPS) is 20.7. The molecule has 0 spiro atoms. The van der Waals surface area contributed by atoms with Gasteiger partial charge in [-0.3, -0.25) is 9.69 Å². The minimum Gasteiger partial charge on any atom is -0.379 e. The predicted octanol–water partition coefficient (Wildman–Crippen LogP) is 1.51. The van der Waals surface area contributed by atoms with Crippen molar-refractivity contribution < 1.29 is 18.7 Å². The zero-order chi connectivity index (χ0) is 19.8. The van der Waals surface area contributed by atoms with Gasteiger partial charge in [-0.05, 0) is 37.1 Å². The van der Waals surface area contributed by atoms with Gasteiger partial charge < -0.3 is 20.3 Å². The van der Waals surface area contributed by atoms with E-state index < -0.39 is 6.04 Å². The van der Waals surface area contributed by atoms with Gasteiger partial charge >= 0.3 is 6.03 Å². The van der Waals surface area contributed by atoms with Crippen LogP contribution in [0.2, 0.25) is 0 Å². The van der Waals surface area contributed by atoms with Crippen molar-refractivity contribution in [1.82, 2.24) is 20.4 Å². The van der Waals surface area contributed by atoms with E-state index in [0.717, 1.165) is 52.1 Å². The van der Waals surface area contributed by atoms with Crippen LogP contribution in [0, 0.1) is 5.82 Å². The van der Waals surface area contributed by atoms with Crippen LogP contribution in [0.25, 0.3) is 0 Å². The summed E-state index contributed by atoms with van der Waals surface area (Å²) in [5.74, 6) is -0.605. The van der Waals surface area contributed by atoms with E-state index in [1.807, 2.05) is 0 Å². The number of piperazine rings is 1. The van der Waals surface area contributed by atoms with E-state index in [4.69, 9.17) is 4.74 Å². The molecule has 1 aromatic rings. The Labute approximate surface area is 165 Å². The van der Waals surface area contributed by atoms with E-state index in [0.29, 0.717) is 25.2 Å². The van der Waals surface area contributed by atoms with Gasteiger partial charge in [-0.25, -0.2) is 9.18 Å². The maximum atomic E-state index is 13.2. The van der Waals surface area contributed by atoms with E-state index in [1.54, 1.807) is 12.1 Å². The summed E-state index contributed by atoms with van der Waals surface area (Å²) in [7, 11) is 0. The van der Waals surface area contributed by atoms with Gasteiger partial charge in [-0.15, -0.1) is 0 Å². The second kappa shape index (κ2) is 10.4. The molecule has 2 fully saturated rings. The van der Waals surface area contributed by atoms with E-state index >= 15 is 0 Å². The molecule has 0 radical (unpaired) electrons. The van der Waals surface area contributed by atoms with Crippen molar-refractivity contribution in [3.05, 3.63) is 35.6 Å². The molecular formula is C20H29FN4O3. The van der Waals surface area contributed by atoms with Gasteiger partial charge in [0.15, 0.2) is 0 Å². The molecule has 1 atom stereocenters. The smallest absolute Gasteiger partial charge is 0.318 e.